The fourth-order valence-electron chi connectivity index (χ4n) is 3.90. The second-order valence-corrected chi connectivity index (χ2v) is 7.48. The van der Waals surface area contributed by atoms with Crippen LogP contribution in [0.15, 0.2) is 24.3 Å². The van der Waals surface area contributed by atoms with Crippen molar-refractivity contribution in [3.8, 4) is 0 Å². The molecule has 2 aliphatic rings. The minimum absolute atomic E-state index is 0.460. The van der Waals surface area contributed by atoms with E-state index in [-0.39, 0.29) is 0 Å². The van der Waals surface area contributed by atoms with Gasteiger partial charge in [-0.15, -0.1) is 9.24 Å². The summed E-state index contributed by atoms with van der Waals surface area (Å²) in [5, 5.41) is 0. The fraction of sp³-hybridized carbons (Fsp3) is 0.556. The molecule has 0 spiro atoms. The molecule has 2 unspecified atom stereocenters. The molecule has 0 N–H and O–H groups in total. The van der Waals surface area contributed by atoms with Gasteiger partial charge in [-0.1, -0.05) is 18.2 Å². The summed E-state index contributed by atoms with van der Waals surface area (Å²) in [6.45, 7) is 0. The monoisotopic (exact) mass is 308 g/mol. The van der Waals surface area contributed by atoms with Crippen molar-refractivity contribution in [1.29, 1.82) is 0 Å². The second kappa shape index (κ2) is 6.57. The second-order valence-electron chi connectivity index (χ2n) is 6.54. The third-order valence-electron chi connectivity index (χ3n) is 5.23. The maximum Gasteiger partial charge on any atom is 0.166 e. The largest absolute Gasteiger partial charge is 0.204 e. The van der Waals surface area contributed by atoms with Crippen molar-refractivity contribution in [2.24, 2.45) is 11.8 Å². The highest BCUT2D eigenvalue weighted by Gasteiger charge is 2.28. The molecule has 114 valence electrons. The van der Waals surface area contributed by atoms with Crippen LogP contribution >= 0.6 is 9.24 Å². The molecule has 1 aromatic rings. The van der Waals surface area contributed by atoms with Crippen LogP contribution in [0.5, 0.6) is 0 Å². The highest BCUT2D eigenvalue weighted by atomic mass is 31.0. The molecule has 0 bridgehead atoms. The Morgan fingerprint density at radius 3 is 2.38 bits per heavy atom. The molecular weight excluding hydrogens is 285 g/mol. The summed E-state index contributed by atoms with van der Waals surface area (Å²) in [7, 11) is 2.95. The highest BCUT2D eigenvalue weighted by Crippen LogP contribution is 2.41. The SMILES string of the molecule is Fc1cccc(C2=CCC(C3CCC(P)CC3)CC2)c1F. The van der Waals surface area contributed by atoms with Crippen LogP contribution in [0.25, 0.3) is 5.57 Å². The molecule has 1 aromatic carbocycles. The van der Waals surface area contributed by atoms with E-state index in [4.69, 9.17) is 0 Å². The summed E-state index contributed by atoms with van der Waals surface area (Å²) < 4.78 is 27.2. The molecule has 2 atom stereocenters. The Kier molecular flexibility index (Phi) is 4.74. The van der Waals surface area contributed by atoms with Crippen LogP contribution in [-0.2, 0) is 0 Å². The van der Waals surface area contributed by atoms with Gasteiger partial charge in [-0.05, 0) is 74.1 Å². The highest BCUT2D eigenvalue weighted by molar-refractivity contribution is 7.17. The van der Waals surface area contributed by atoms with Crippen LogP contribution in [0.4, 0.5) is 8.78 Å². The number of halogens is 2. The summed E-state index contributed by atoms with van der Waals surface area (Å²) in [4.78, 5) is 0. The molecule has 0 aromatic heterocycles. The lowest BCUT2D eigenvalue weighted by Gasteiger charge is -2.34. The van der Waals surface area contributed by atoms with Crippen molar-refractivity contribution in [1.82, 2.24) is 0 Å². The number of allylic oxidation sites excluding steroid dienone is 2. The van der Waals surface area contributed by atoms with E-state index in [2.05, 4.69) is 15.3 Å². The molecule has 0 nitrogen and oxygen atoms in total. The smallest absolute Gasteiger partial charge is 0.166 e. The van der Waals surface area contributed by atoms with Crippen LogP contribution in [0, 0.1) is 23.5 Å². The Labute approximate surface area is 128 Å². The minimum atomic E-state index is -0.741. The van der Waals surface area contributed by atoms with Gasteiger partial charge in [0.2, 0.25) is 0 Å². The Morgan fingerprint density at radius 1 is 0.952 bits per heavy atom. The topological polar surface area (TPSA) is 0 Å². The summed E-state index contributed by atoms with van der Waals surface area (Å²) in [6, 6.07) is 4.48. The zero-order chi connectivity index (χ0) is 14.8. The van der Waals surface area contributed by atoms with Gasteiger partial charge in [0, 0.05) is 5.56 Å². The van der Waals surface area contributed by atoms with Crippen molar-refractivity contribution in [3.63, 3.8) is 0 Å². The average Bonchev–Trinajstić information content (AvgIpc) is 2.51. The third-order valence-corrected chi connectivity index (χ3v) is 5.90. The first kappa shape index (κ1) is 15.2. The normalized spacial score (nSPS) is 30.0. The van der Waals surface area contributed by atoms with Crippen molar-refractivity contribution < 1.29 is 8.78 Å². The Hall–Kier alpha value is -0.750. The fourth-order valence-corrected chi connectivity index (χ4v) is 4.28. The van der Waals surface area contributed by atoms with E-state index >= 15 is 0 Å². The molecule has 0 amide bonds. The van der Waals surface area contributed by atoms with Crippen molar-refractivity contribution in [3.05, 3.63) is 41.5 Å². The lowest BCUT2D eigenvalue weighted by Crippen LogP contribution is -2.23. The van der Waals surface area contributed by atoms with Gasteiger partial charge in [0.05, 0.1) is 0 Å². The molecule has 1 fully saturated rings. The van der Waals surface area contributed by atoms with Gasteiger partial charge in [0.25, 0.3) is 0 Å². The predicted octanol–water partition coefficient (Wildman–Crippen LogP) is 5.58. The van der Waals surface area contributed by atoms with E-state index in [1.807, 2.05) is 0 Å². The molecule has 1 saturated carbocycles. The number of benzene rings is 1. The van der Waals surface area contributed by atoms with Crippen molar-refractivity contribution in [2.75, 3.05) is 0 Å². The Bertz CT molecular complexity index is 530. The molecule has 2 aliphatic carbocycles. The summed E-state index contributed by atoms with van der Waals surface area (Å²) in [5.41, 5.74) is 2.25. The van der Waals surface area contributed by atoms with E-state index < -0.39 is 11.6 Å². The number of hydrogen-bond donors (Lipinski definition) is 0. The van der Waals surface area contributed by atoms with Gasteiger partial charge in [-0.2, -0.15) is 0 Å². The van der Waals surface area contributed by atoms with Crippen molar-refractivity contribution >= 4 is 14.8 Å². The lowest BCUT2D eigenvalue weighted by molar-refractivity contribution is 0.238. The average molecular weight is 308 g/mol. The molecule has 21 heavy (non-hydrogen) atoms. The van der Waals surface area contributed by atoms with E-state index in [9.17, 15) is 8.78 Å². The first-order valence-corrected chi connectivity index (χ1v) is 8.71. The maximum absolute atomic E-state index is 13.9. The lowest BCUT2D eigenvalue weighted by atomic mass is 9.73. The van der Waals surface area contributed by atoms with E-state index in [0.717, 1.165) is 42.3 Å². The molecule has 0 radical (unpaired) electrons. The molecule has 0 heterocycles. The molecule has 3 heteroatoms. The van der Waals surface area contributed by atoms with E-state index in [1.165, 1.54) is 31.7 Å². The summed E-state index contributed by atoms with van der Waals surface area (Å²) >= 11 is 0. The van der Waals surface area contributed by atoms with Gasteiger partial charge in [-0.25, -0.2) is 8.78 Å². The minimum Gasteiger partial charge on any atom is -0.204 e. The van der Waals surface area contributed by atoms with Gasteiger partial charge < -0.3 is 0 Å². The first-order chi connectivity index (χ1) is 10.1. The molecule has 3 rings (SSSR count). The summed E-state index contributed by atoms with van der Waals surface area (Å²) in [5.74, 6) is 0.139. The Balaban J connectivity index is 1.68. The van der Waals surface area contributed by atoms with Crippen LogP contribution in [0.2, 0.25) is 0 Å². The molecule has 0 saturated heterocycles. The van der Waals surface area contributed by atoms with Gasteiger partial charge in [0.1, 0.15) is 0 Å². The Morgan fingerprint density at radius 2 is 1.71 bits per heavy atom. The summed E-state index contributed by atoms with van der Waals surface area (Å²) in [6.07, 6.45) is 10.5. The zero-order valence-electron chi connectivity index (χ0n) is 12.3. The zero-order valence-corrected chi connectivity index (χ0v) is 13.5. The van der Waals surface area contributed by atoms with E-state index in [1.54, 1.807) is 12.1 Å². The van der Waals surface area contributed by atoms with Gasteiger partial charge in [-0.3, -0.25) is 0 Å². The van der Waals surface area contributed by atoms with Crippen LogP contribution < -0.4 is 0 Å². The number of rotatable bonds is 2. The maximum atomic E-state index is 13.9. The van der Waals surface area contributed by atoms with Gasteiger partial charge in [0.15, 0.2) is 11.6 Å². The standard InChI is InChI=1S/C18H23F2P/c19-17-3-1-2-16(18(17)20)14-6-4-12(5-7-14)13-8-10-15(21)11-9-13/h1-3,6,12-13,15H,4-5,7-11,21H2. The van der Waals surface area contributed by atoms with Crippen LogP contribution in [0.1, 0.15) is 50.5 Å². The number of hydrogen-bond acceptors (Lipinski definition) is 0. The third kappa shape index (κ3) is 3.37. The molecular formula is C18H23F2P. The first-order valence-electron chi connectivity index (χ1n) is 8.04. The van der Waals surface area contributed by atoms with E-state index in [0.29, 0.717) is 5.56 Å². The quantitative estimate of drug-likeness (QED) is 0.625. The van der Waals surface area contributed by atoms with Gasteiger partial charge >= 0.3 is 0 Å². The van der Waals surface area contributed by atoms with Crippen LogP contribution in [-0.4, -0.2) is 5.66 Å². The van der Waals surface area contributed by atoms with Crippen molar-refractivity contribution in [2.45, 2.75) is 50.6 Å². The predicted molar refractivity (Wildman–Crippen MR) is 87.1 cm³/mol. The molecule has 0 aliphatic heterocycles. The van der Waals surface area contributed by atoms with Crippen LogP contribution in [0.3, 0.4) is 0 Å².